The summed E-state index contributed by atoms with van der Waals surface area (Å²) in [6, 6.07) is 19.9. The van der Waals surface area contributed by atoms with E-state index < -0.39 is 6.04 Å². The summed E-state index contributed by atoms with van der Waals surface area (Å²) in [4.78, 5) is 28.3. The Kier molecular flexibility index (Phi) is 7.42. The molecule has 0 saturated carbocycles. The number of halogens is 1. The summed E-state index contributed by atoms with van der Waals surface area (Å²) in [5, 5.41) is 2.97. The highest BCUT2D eigenvalue weighted by atomic mass is 19.1. The highest BCUT2D eigenvalue weighted by Crippen LogP contribution is 2.32. The standard InChI is InChI=1S/C27H27FN2O4/c1-2-6-25(31)30(17-19-9-12-22(28)13-10-19)26(21-7-4-3-5-8-21)27(32)29-16-20-11-14-23-24(15-20)34-18-33-23/h3-5,7-15,26H,2,6,16-18H2,1H3,(H,29,32)/t26-/m0/s1. The Balaban J connectivity index is 1.60. The molecule has 1 heterocycles. The molecule has 1 aliphatic rings. The quantitative estimate of drug-likeness (QED) is 0.499. The Bertz CT molecular complexity index is 1140. The van der Waals surface area contributed by atoms with Crippen molar-refractivity contribution in [2.45, 2.75) is 38.9 Å². The number of benzene rings is 3. The summed E-state index contributed by atoms with van der Waals surface area (Å²) in [5.74, 6) is 0.529. The molecule has 3 aromatic carbocycles. The van der Waals surface area contributed by atoms with Crippen molar-refractivity contribution in [3.05, 3.63) is 95.3 Å². The number of carbonyl (C=O) groups is 2. The molecule has 0 aliphatic carbocycles. The first-order valence-corrected chi connectivity index (χ1v) is 11.3. The molecule has 7 heteroatoms. The minimum Gasteiger partial charge on any atom is -0.454 e. The summed E-state index contributed by atoms with van der Waals surface area (Å²) in [6.45, 7) is 2.56. The zero-order chi connectivity index (χ0) is 23.9. The molecular formula is C27H27FN2O4. The fourth-order valence-corrected chi connectivity index (χ4v) is 3.91. The van der Waals surface area contributed by atoms with Gasteiger partial charge >= 0.3 is 0 Å². The van der Waals surface area contributed by atoms with E-state index in [0.717, 1.165) is 11.1 Å². The van der Waals surface area contributed by atoms with Crippen molar-refractivity contribution in [2.24, 2.45) is 0 Å². The van der Waals surface area contributed by atoms with E-state index in [0.29, 0.717) is 29.9 Å². The van der Waals surface area contributed by atoms with Crippen LogP contribution in [0, 0.1) is 5.82 Å². The number of amides is 2. The fourth-order valence-electron chi connectivity index (χ4n) is 3.91. The second kappa shape index (κ2) is 10.8. The summed E-state index contributed by atoms with van der Waals surface area (Å²) in [5.41, 5.74) is 2.31. The van der Waals surface area contributed by atoms with Crippen LogP contribution in [0.4, 0.5) is 4.39 Å². The number of rotatable bonds is 9. The van der Waals surface area contributed by atoms with Gasteiger partial charge in [-0.05, 0) is 47.4 Å². The van der Waals surface area contributed by atoms with Gasteiger partial charge < -0.3 is 19.7 Å². The molecule has 1 aliphatic heterocycles. The molecule has 176 valence electrons. The van der Waals surface area contributed by atoms with Crippen LogP contribution in [0.15, 0.2) is 72.8 Å². The second-order valence-electron chi connectivity index (χ2n) is 8.12. The first-order chi connectivity index (χ1) is 16.5. The maximum Gasteiger partial charge on any atom is 0.247 e. The predicted molar refractivity (Wildman–Crippen MR) is 125 cm³/mol. The predicted octanol–water partition coefficient (Wildman–Crippen LogP) is 4.74. The largest absolute Gasteiger partial charge is 0.454 e. The molecule has 0 saturated heterocycles. The number of hydrogen-bond donors (Lipinski definition) is 1. The molecule has 6 nitrogen and oxygen atoms in total. The van der Waals surface area contributed by atoms with Crippen LogP contribution in [0.5, 0.6) is 11.5 Å². The molecule has 0 aromatic heterocycles. The molecule has 0 bridgehead atoms. The fraction of sp³-hybridized carbons (Fsp3) is 0.259. The normalized spacial score (nSPS) is 12.8. The Morgan fingerprint density at radius 1 is 0.971 bits per heavy atom. The monoisotopic (exact) mass is 462 g/mol. The molecule has 4 rings (SSSR count). The molecular weight excluding hydrogens is 435 g/mol. The summed E-state index contributed by atoms with van der Waals surface area (Å²) in [6.07, 6.45) is 0.957. The Morgan fingerprint density at radius 2 is 1.68 bits per heavy atom. The van der Waals surface area contributed by atoms with Crippen molar-refractivity contribution in [1.29, 1.82) is 0 Å². The number of carbonyl (C=O) groups excluding carboxylic acids is 2. The minimum atomic E-state index is -0.834. The number of hydrogen-bond acceptors (Lipinski definition) is 4. The third kappa shape index (κ3) is 5.54. The van der Waals surface area contributed by atoms with Gasteiger partial charge in [-0.15, -0.1) is 0 Å². The zero-order valence-corrected chi connectivity index (χ0v) is 19.0. The lowest BCUT2D eigenvalue weighted by Crippen LogP contribution is -2.43. The SMILES string of the molecule is CCCC(=O)N(Cc1ccc(F)cc1)[C@H](C(=O)NCc1ccc2c(c1)OCO2)c1ccccc1. The van der Waals surface area contributed by atoms with Crippen molar-refractivity contribution in [1.82, 2.24) is 10.2 Å². The average molecular weight is 463 g/mol. The first-order valence-electron chi connectivity index (χ1n) is 11.3. The van der Waals surface area contributed by atoms with Crippen molar-refractivity contribution >= 4 is 11.8 Å². The highest BCUT2D eigenvalue weighted by molar-refractivity contribution is 5.88. The molecule has 0 spiro atoms. The van der Waals surface area contributed by atoms with Gasteiger partial charge in [0.1, 0.15) is 11.9 Å². The molecule has 3 aromatic rings. The lowest BCUT2D eigenvalue weighted by atomic mass is 10.0. The molecule has 1 N–H and O–H groups in total. The molecule has 0 fully saturated rings. The van der Waals surface area contributed by atoms with Crippen LogP contribution in [0.1, 0.15) is 42.5 Å². The van der Waals surface area contributed by atoms with E-state index in [1.54, 1.807) is 17.0 Å². The third-order valence-electron chi connectivity index (χ3n) is 5.63. The Labute approximate surface area is 198 Å². The lowest BCUT2D eigenvalue weighted by molar-refractivity contribution is -0.141. The van der Waals surface area contributed by atoms with E-state index in [2.05, 4.69) is 5.32 Å². The van der Waals surface area contributed by atoms with Crippen molar-refractivity contribution in [3.63, 3.8) is 0 Å². The minimum absolute atomic E-state index is 0.140. The molecule has 0 radical (unpaired) electrons. The number of nitrogens with zero attached hydrogens (tertiary/aromatic N) is 1. The van der Waals surface area contributed by atoms with Gasteiger partial charge in [0, 0.05) is 19.5 Å². The van der Waals surface area contributed by atoms with Gasteiger partial charge in [0.2, 0.25) is 18.6 Å². The summed E-state index contributed by atoms with van der Waals surface area (Å²) < 4.78 is 24.2. The first kappa shape index (κ1) is 23.3. The Morgan fingerprint density at radius 3 is 2.41 bits per heavy atom. The molecule has 0 unspecified atom stereocenters. The topological polar surface area (TPSA) is 67.9 Å². The van der Waals surface area contributed by atoms with Gasteiger partial charge in [-0.1, -0.05) is 55.5 Å². The molecule has 2 amide bonds. The van der Waals surface area contributed by atoms with E-state index in [4.69, 9.17) is 9.47 Å². The Hall–Kier alpha value is -3.87. The maximum absolute atomic E-state index is 13.5. The maximum atomic E-state index is 13.5. The van der Waals surface area contributed by atoms with Crippen LogP contribution >= 0.6 is 0 Å². The molecule has 34 heavy (non-hydrogen) atoms. The third-order valence-corrected chi connectivity index (χ3v) is 5.63. The lowest BCUT2D eigenvalue weighted by Gasteiger charge is -2.31. The van der Waals surface area contributed by atoms with Crippen LogP contribution in [-0.2, 0) is 22.7 Å². The van der Waals surface area contributed by atoms with Crippen LogP contribution in [0.3, 0.4) is 0 Å². The second-order valence-corrected chi connectivity index (χ2v) is 8.12. The van der Waals surface area contributed by atoms with Crippen LogP contribution in [0.25, 0.3) is 0 Å². The summed E-state index contributed by atoms with van der Waals surface area (Å²) in [7, 11) is 0. The van der Waals surface area contributed by atoms with Gasteiger partial charge in [-0.25, -0.2) is 4.39 Å². The van der Waals surface area contributed by atoms with E-state index in [1.807, 2.05) is 55.5 Å². The van der Waals surface area contributed by atoms with E-state index >= 15 is 0 Å². The summed E-state index contributed by atoms with van der Waals surface area (Å²) >= 11 is 0. The smallest absolute Gasteiger partial charge is 0.247 e. The van der Waals surface area contributed by atoms with E-state index in [-0.39, 0.29) is 37.5 Å². The zero-order valence-electron chi connectivity index (χ0n) is 19.0. The van der Waals surface area contributed by atoms with Crippen molar-refractivity contribution in [2.75, 3.05) is 6.79 Å². The van der Waals surface area contributed by atoms with Gasteiger partial charge in [0.25, 0.3) is 0 Å². The number of ether oxygens (including phenoxy) is 2. The van der Waals surface area contributed by atoms with Gasteiger partial charge in [-0.2, -0.15) is 0 Å². The molecule has 1 atom stereocenters. The van der Waals surface area contributed by atoms with E-state index in [1.165, 1.54) is 12.1 Å². The van der Waals surface area contributed by atoms with Crippen LogP contribution in [-0.4, -0.2) is 23.5 Å². The van der Waals surface area contributed by atoms with Crippen LogP contribution < -0.4 is 14.8 Å². The number of nitrogens with one attached hydrogen (secondary N) is 1. The van der Waals surface area contributed by atoms with Crippen LogP contribution in [0.2, 0.25) is 0 Å². The van der Waals surface area contributed by atoms with Crippen molar-refractivity contribution < 1.29 is 23.5 Å². The van der Waals surface area contributed by atoms with E-state index in [9.17, 15) is 14.0 Å². The van der Waals surface area contributed by atoms with Gasteiger partial charge in [0.05, 0.1) is 0 Å². The highest BCUT2D eigenvalue weighted by Gasteiger charge is 2.31. The number of fused-ring (bicyclic) bond motifs is 1. The van der Waals surface area contributed by atoms with Gasteiger partial charge in [0.15, 0.2) is 11.5 Å². The average Bonchev–Trinajstić information content (AvgIpc) is 3.32. The van der Waals surface area contributed by atoms with Gasteiger partial charge in [-0.3, -0.25) is 9.59 Å². The van der Waals surface area contributed by atoms with Crippen molar-refractivity contribution in [3.8, 4) is 11.5 Å².